The zero-order valence-electron chi connectivity index (χ0n) is 13.7. The van der Waals surface area contributed by atoms with Crippen LogP contribution in [0.1, 0.15) is 28.3 Å². The fourth-order valence-electron chi connectivity index (χ4n) is 2.94. The number of nitrogens with zero attached hydrogens (tertiary/aromatic N) is 4. The fraction of sp³-hybridized carbons (Fsp3) is 0.235. The fourth-order valence-corrected chi connectivity index (χ4v) is 4.20. The van der Waals surface area contributed by atoms with Crippen LogP contribution in [0.5, 0.6) is 5.75 Å². The van der Waals surface area contributed by atoms with Gasteiger partial charge in [-0.2, -0.15) is 15.3 Å². The molecule has 3 aromatic rings. The summed E-state index contributed by atoms with van der Waals surface area (Å²) < 4.78 is 3.34. The highest BCUT2D eigenvalue weighted by Gasteiger charge is 2.16. The number of hydrogen-bond donors (Lipinski definition) is 1. The SMILES string of the molecule is Cc1nnc(C)c2c(C)n(N=Cc3cc(Br)cc(Br)c3O)c(C)c12. The molecule has 0 amide bonds. The summed E-state index contributed by atoms with van der Waals surface area (Å²) in [5.74, 6) is 0.157. The molecule has 2 aromatic heterocycles. The highest BCUT2D eigenvalue weighted by molar-refractivity contribution is 9.11. The van der Waals surface area contributed by atoms with Crippen molar-refractivity contribution in [3.8, 4) is 5.75 Å². The predicted molar refractivity (Wildman–Crippen MR) is 103 cm³/mol. The van der Waals surface area contributed by atoms with Crippen LogP contribution in [0, 0.1) is 27.7 Å². The molecule has 24 heavy (non-hydrogen) atoms. The minimum absolute atomic E-state index is 0.157. The first-order valence-electron chi connectivity index (χ1n) is 7.35. The number of aromatic nitrogens is 3. The Balaban J connectivity index is 2.18. The van der Waals surface area contributed by atoms with Crippen LogP contribution in [0.25, 0.3) is 10.8 Å². The van der Waals surface area contributed by atoms with Gasteiger partial charge in [0, 0.05) is 32.2 Å². The maximum Gasteiger partial charge on any atom is 0.138 e. The van der Waals surface area contributed by atoms with Crippen molar-refractivity contribution in [1.82, 2.24) is 14.9 Å². The first-order chi connectivity index (χ1) is 11.3. The predicted octanol–water partition coefficient (Wildman–Crippen LogP) is 4.78. The van der Waals surface area contributed by atoms with Crippen molar-refractivity contribution >= 4 is 48.8 Å². The molecule has 1 aromatic carbocycles. The number of halogens is 2. The van der Waals surface area contributed by atoms with Gasteiger partial charge in [0.1, 0.15) is 5.75 Å². The molecule has 0 aliphatic heterocycles. The first-order valence-corrected chi connectivity index (χ1v) is 8.93. The molecule has 2 heterocycles. The number of fused-ring (bicyclic) bond motifs is 1. The van der Waals surface area contributed by atoms with Gasteiger partial charge in [-0.15, -0.1) is 0 Å². The van der Waals surface area contributed by atoms with Gasteiger partial charge >= 0.3 is 0 Å². The van der Waals surface area contributed by atoms with E-state index in [1.807, 2.05) is 38.4 Å². The lowest BCUT2D eigenvalue weighted by atomic mass is 10.1. The number of aryl methyl sites for hydroxylation is 4. The number of hydrogen-bond acceptors (Lipinski definition) is 4. The first kappa shape index (κ1) is 17.1. The summed E-state index contributed by atoms with van der Waals surface area (Å²) >= 11 is 6.76. The smallest absolute Gasteiger partial charge is 0.138 e. The molecule has 0 atom stereocenters. The maximum atomic E-state index is 10.2. The lowest BCUT2D eigenvalue weighted by molar-refractivity contribution is 0.471. The van der Waals surface area contributed by atoms with Crippen molar-refractivity contribution in [3.05, 3.63) is 49.4 Å². The molecule has 0 unspecified atom stereocenters. The van der Waals surface area contributed by atoms with Crippen LogP contribution in [-0.2, 0) is 0 Å². The third-order valence-corrected chi connectivity index (χ3v) is 5.11. The minimum atomic E-state index is 0.157. The Hall–Kier alpha value is -1.73. The van der Waals surface area contributed by atoms with E-state index in [-0.39, 0.29) is 5.75 Å². The average Bonchev–Trinajstić information content (AvgIpc) is 2.78. The van der Waals surface area contributed by atoms with Crippen molar-refractivity contribution in [1.29, 1.82) is 0 Å². The summed E-state index contributed by atoms with van der Waals surface area (Å²) in [6.45, 7) is 7.92. The van der Waals surface area contributed by atoms with Crippen molar-refractivity contribution < 1.29 is 5.11 Å². The molecule has 7 heteroatoms. The second kappa shape index (κ2) is 6.29. The van der Waals surface area contributed by atoms with Crippen LogP contribution in [0.4, 0.5) is 0 Å². The Labute approximate surface area is 156 Å². The van der Waals surface area contributed by atoms with Crippen LogP contribution < -0.4 is 0 Å². The average molecular weight is 452 g/mol. The zero-order chi connectivity index (χ0) is 17.6. The van der Waals surface area contributed by atoms with E-state index in [1.165, 1.54) is 0 Å². The van der Waals surface area contributed by atoms with E-state index < -0.39 is 0 Å². The monoisotopic (exact) mass is 450 g/mol. The van der Waals surface area contributed by atoms with Crippen LogP contribution >= 0.6 is 31.9 Å². The third-order valence-electron chi connectivity index (χ3n) is 4.05. The van der Waals surface area contributed by atoms with Crippen molar-refractivity contribution in [3.63, 3.8) is 0 Å². The molecule has 124 valence electrons. The molecular weight excluding hydrogens is 436 g/mol. The topological polar surface area (TPSA) is 63.3 Å². The Morgan fingerprint density at radius 2 is 1.54 bits per heavy atom. The van der Waals surface area contributed by atoms with Crippen LogP contribution in [-0.4, -0.2) is 26.2 Å². The molecule has 0 aliphatic rings. The summed E-state index contributed by atoms with van der Waals surface area (Å²) in [6.07, 6.45) is 1.65. The van der Waals surface area contributed by atoms with Gasteiger partial charge in [-0.3, -0.25) is 0 Å². The van der Waals surface area contributed by atoms with Gasteiger partial charge in [-0.1, -0.05) is 15.9 Å². The van der Waals surface area contributed by atoms with E-state index in [4.69, 9.17) is 0 Å². The number of rotatable bonds is 2. The third kappa shape index (κ3) is 2.75. The van der Waals surface area contributed by atoms with Crippen molar-refractivity contribution in [2.24, 2.45) is 5.10 Å². The van der Waals surface area contributed by atoms with Crippen molar-refractivity contribution in [2.45, 2.75) is 27.7 Å². The van der Waals surface area contributed by atoms with Crippen molar-refractivity contribution in [2.75, 3.05) is 0 Å². The van der Waals surface area contributed by atoms with E-state index in [1.54, 1.807) is 12.3 Å². The molecular formula is C17H16Br2N4O. The Bertz CT molecular complexity index is 947. The molecule has 0 aliphatic carbocycles. The van der Waals surface area contributed by atoms with Crippen LogP contribution in [0.2, 0.25) is 0 Å². The lowest BCUT2D eigenvalue weighted by Gasteiger charge is -2.05. The number of aromatic hydroxyl groups is 1. The van der Waals surface area contributed by atoms with E-state index in [0.29, 0.717) is 10.0 Å². The largest absolute Gasteiger partial charge is 0.506 e. The number of phenolic OH excluding ortho intramolecular Hbond substituents is 1. The molecule has 0 radical (unpaired) electrons. The second-order valence-electron chi connectivity index (χ2n) is 5.67. The molecule has 0 saturated heterocycles. The number of benzene rings is 1. The molecule has 5 nitrogen and oxygen atoms in total. The van der Waals surface area contributed by atoms with E-state index in [2.05, 4.69) is 47.2 Å². The van der Waals surface area contributed by atoms with Gasteiger partial charge in [-0.05, 0) is 55.8 Å². The molecule has 1 N–H and O–H groups in total. The standard InChI is InChI=1S/C17H16Br2N4O/c1-8-15-10(3)23(11(4)16(15)9(2)22-21-8)20-7-12-5-13(18)6-14(19)17(12)24/h5-7,24H,1-4H3. The summed E-state index contributed by atoms with van der Waals surface area (Å²) in [4.78, 5) is 0. The van der Waals surface area contributed by atoms with Gasteiger partial charge in [0.15, 0.2) is 0 Å². The van der Waals surface area contributed by atoms with Crippen LogP contribution in [0.15, 0.2) is 26.2 Å². The summed E-state index contributed by atoms with van der Waals surface area (Å²) in [6, 6.07) is 3.61. The van der Waals surface area contributed by atoms with E-state index in [0.717, 1.165) is 38.0 Å². The summed E-state index contributed by atoms with van der Waals surface area (Å²) in [7, 11) is 0. The highest BCUT2D eigenvalue weighted by Crippen LogP contribution is 2.32. The van der Waals surface area contributed by atoms with Gasteiger partial charge in [-0.25, -0.2) is 4.68 Å². The minimum Gasteiger partial charge on any atom is -0.506 e. The maximum absolute atomic E-state index is 10.2. The quantitative estimate of drug-likeness (QED) is 0.570. The Morgan fingerprint density at radius 1 is 1.00 bits per heavy atom. The molecule has 3 rings (SSSR count). The van der Waals surface area contributed by atoms with E-state index in [9.17, 15) is 5.11 Å². The highest BCUT2D eigenvalue weighted by atomic mass is 79.9. The Kier molecular flexibility index (Phi) is 4.48. The Morgan fingerprint density at radius 3 is 2.08 bits per heavy atom. The van der Waals surface area contributed by atoms with Crippen LogP contribution in [0.3, 0.4) is 0 Å². The summed E-state index contributed by atoms with van der Waals surface area (Å²) in [5, 5.41) is 25.3. The second-order valence-corrected chi connectivity index (χ2v) is 7.44. The zero-order valence-corrected chi connectivity index (χ0v) is 16.9. The lowest BCUT2D eigenvalue weighted by Crippen LogP contribution is -1.96. The molecule has 0 fully saturated rings. The van der Waals surface area contributed by atoms with Gasteiger partial charge in [0.05, 0.1) is 22.1 Å². The molecule has 0 saturated carbocycles. The summed E-state index contributed by atoms with van der Waals surface area (Å²) in [5.41, 5.74) is 4.40. The normalized spacial score (nSPS) is 11.8. The van der Waals surface area contributed by atoms with Gasteiger partial charge < -0.3 is 5.11 Å². The molecule has 0 bridgehead atoms. The van der Waals surface area contributed by atoms with Gasteiger partial charge in [0.25, 0.3) is 0 Å². The number of phenols is 1. The van der Waals surface area contributed by atoms with Gasteiger partial charge in [0.2, 0.25) is 0 Å². The molecule has 0 spiro atoms. The van der Waals surface area contributed by atoms with E-state index >= 15 is 0 Å².